The van der Waals surface area contributed by atoms with Crippen molar-refractivity contribution in [2.45, 2.75) is 23.2 Å². The molecule has 1 aromatic heterocycles. The summed E-state index contributed by atoms with van der Waals surface area (Å²) in [7, 11) is 0. The van der Waals surface area contributed by atoms with Crippen LogP contribution in [0.25, 0.3) is 0 Å². The van der Waals surface area contributed by atoms with Crippen molar-refractivity contribution in [3.8, 4) is 0 Å². The predicted octanol–water partition coefficient (Wildman–Crippen LogP) is 1.70. The van der Waals surface area contributed by atoms with Gasteiger partial charge in [-0.2, -0.15) is 5.10 Å². The number of aryl methyl sites for hydroxylation is 1. The highest BCUT2D eigenvalue weighted by molar-refractivity contribution is 14.1. The van der Waals surface area contributed by atoms with Gasteiger partial charge in [-0.1, -0.05) is 22.6 Å². The van der Waals surface area contributed by atoms with Crippen molar-refractivity contribution >= 4 is 22.6 Å². The first-order chi connectivity index (χ1) is 4.86. The largest absolute Gasteiger partial charge is 0.282 e. The number of hydrogen-bond acceptors (Lipinski definition) is 1. The fourth-order valence-electron chi connectivity index (χ4n) is 1.37. The van der Waals surface area contributed by atoms with Gasteiger partial charge < -0.3 is 0 Å². The topological polar surface area (TPSA) is 28.7 Å². The molecule has 0 bridgehead atoms. The van der Waals surface area contributed by atoms with Crippen molar-refractivity contribution in [1.29, 1.82) is 0 Å². The molecule has 0 spiro atoms. The average Bonchev–Trinajstić information content (AvgIpc) is 2.33. The fourth-order valence-corrected chi connectivity index (χ4v) is 2.12. The summed E-state index contributed by atoms with van der Waals surface area (Å²) >= 11 is 2.50. The molecule has 1 atom stereocenters. The lowest BCUT2D eigenvalue weighted by atomic mass is 9.99. The molecule has 0 fully saturated rings. The third-order valence-electron chi connectivity index (χ3n) is 1.96. The number of H-pyrrole nitrogens is 1. The van der Waals surface area contributed by atoms with Crippen LogP contribution in [0.2, 0.25) is 0 Å². The zero-order valence-corrected chi connectivity index (χ0v) is 7.76. The molecular formula is C7H9IN2. The number of alkyl halides is 1. The molecule has 1 aromatic rings. The normalized spacial score (nSPS) is 24.3. The second kappa shape index (κ2) is 2.53. The zero-order chi connectivity index (χ0) is 6.97. The molecule has 0 radical (unpaired) electrons. The summed E-state index contributed by atoms with van der Waals surface area (Å²) in [5, 5.41) is 7.04. The highest BCUT2D eigenvalue weighted by Gasteiger charge is 2.16. The Morgan fingerprint density at radius 1 is 1.70 bits per heavy atom. The van der Waals surface area contributed by atoms with Crippen molar-refractivity contribution in [2.24, 2.45) is 0 Å². The minimum absolute atomic E-state index is 0.811. The molecule has 0 saturated carbocycles. The minimum Gasteiger partial charge on any atom is -0.282 e. The molecule has 1 N–H and O–H groups in total. The third-order valence-corrected chi connectivity index (χ3v) is 3.02. The molecule has 0 amide bonds. The lowest BCUT2D eigenvalue weighted by Gasteiger charge is -2.14. The maximum absolute atomic E-state index is 4.01. The molecule has 1 aliphatic carbocycles. The monoisotopic (exact) mass is 248 g/mol. The molecule has 0 aromatic carbocycles. The van der Waals surface area contributed by atoms with Crippen LogP contribution in [0.1, 0.15) is 17.7 Å². The number of aromatic nitrogens is 2. The van der Waals surface area contributed by atoms with Crippen LogP contribution >= 0.6 is 22.6 Å². The van der Waals surface area contributed by atoms with Crippen molar-refractivity contribution in [2.75, 3.05) is 0 Å². The Balaban J connectivity index is 2.30. The Bertz CT molecular complexity index is 231. The summed E-state index contributed by atoms with van der Waals surface area (Å²) in [6.07, 6.45) is 5.65. The van der Waals surface area contributed by atoms with Crippen molar-refractivity contribution < 1.29 is 0 Å². The van der Waals surface area contributed by atoms with Gasteiger partial charge in [0.25, 0.3) is 0 Å². The maximum Gasteiger partial charge on any atom is 0.0522 e. The maximum atomic E-state index is 4.01. The average molecular weight is 248 g/mol. The van der Waals surface area contributed by atoms with E-state index in [4.69, 9.17) is 0 Å². The summed E-state index contributed by atoms with van der Waals surface area (Å²) in [6, 6.07) is 0. The SMILES string of the molecule is IC1CCc2cn[nH]c2C1. The molecule has 2 nitrogen and oxygen atoms in total. The van der Waals surface area contributed by atoms with Gasteiger partial charge in [-0.15, -0.1) is 0 Å². The Kier molecular flexibility index (Phi) is 1.68. The molecule has 3 heteroatoms. The van der Waals surface area contributed by atoms with Gasteiger partial charge >= 0.3 is 0 Å². The van der Waals surface area contributed by atoms with Crippen LogP contribution < -0.4 is 0 Å². The van der Waals surface area contributed by atoms with Crippen LogP contribution in [0.4, 0.5) is 0 Å². The Hall–Kier alpha value is -0.0600. The Labute approximate surface area is 73.5 Å². The first-order valence-electron chi connectivity index (χ1n) is 3.51. The van der Waals surface area contributed by atoms with E-state index in [1.807, 2.05) is 6.20 Å². The van der Waals surface area contributed by atoms with Crippen LogP contribution in [-0.2, 0) is 12.8 Å². The molecule has 2 rings (SSSR count). The van der Waals surface area contributed by atoms with Gasteiger partial charge in [0.1, 0.15) is 0 Å². The van der Waals surface area contributed by atoms with Gasteiger partial charge in [0, 0.05) is 16.0 Å². The van der Waals surface area contributed by atoms with E-state index in [-0.39, 0.29) is 0 Å². The summed E-state index contributed by atoms with van der Waals surface area (Å²) in [6.45, 7) is 0. The van der Waals surface area contributed by atoms with Gasteiger partial charge in [-0.3, -0.25) is 5.10 Å². The molecular weight excluding hydrogens is 239 g/mol. The van der Waals surface area contributed by atoms with Crippen LogP contribution in [0.5, 0.6) is 0 Å². The van der Waals surface area contributed by atoms with Gasteiger partial charge in [0.05, 0.1) is 6.20 Å². The van der Waals surface area contributed by atoms with Gasteiger partial charge in [0.2, 0.25) is 0 Å². The second-order valence-corrected chi connectivity index (χ2v) is 4.48. The second-order valence-electron chi connectivity index (χ2n) is 2.71. The van der Waals surface area contributed by atoms with E-state index in [0.717, 1.165) is 3.92 Å². The number of hydrogen-bond donors (Lipinski definition) is 1. The van der Waals surface area contributed by atoms with Crippen molar-refractivity contribution in [3.63, 3.8) is 0 Å². The van der Waals surface area contributed by atoms with Crippen LogP contribution in [0.15, 0.2) is 6.20 Å². The molecule has 1 unspecified atom stereocenters. The van der Waals surface area contributed by atoms with E-state index in [1.54, 1.807) is 0 Å². The number of fused-ring (bicyclic) bond motifs is 1. The fraction of sp³-hybridized carbons (Fsp3) is 0.571. The minimum atomic E-state index is 0.811. The smallest absolute Gasteiger partial charge is 0.0522 e. The number of halogens is 1. The molecule has 1 aliphatic rings. The summed E-state index contributed by atoms with van der Waals surface area (Å²) in [4.78, 5) is 0. The molecule has 0 aliphatic heterocycles. The third kappa shape index (κ3) is 1.07. The van der Waals surface area contributed by atoms with E-state index in [1.165, 1.54) is 30.5 Å². The highest BCUT2D eigenvalue weighted by Crippen LogP contribution is 2.23. The van der Waals surface area contributed by atoms with Crippen molar-refractivity contribution in [1.82, 2.24) is 10.2 Å². The van der Waals surface area contributed by atoms with Crippen LogP contribution in [0.3, 0.4) is 0 Å². The summed E-state index contributed by atoms with van der Waals surface area (Å²) < 4.78 is 0.811. The summed E-state index contributed by atoms with van der Waals surface area (Å²) in [5.41, 5.74) is 2.78. The van der Waals surface area contributed by atoms with E-state index < -0.39 is 0 Å². The first kappa shape index (κ1) is 6.64. The first-order valence-corrected chi connectivity index (χ1v) is 4.76. The quantitative estimate of drug-likeness (QED) is 0.549. The highest BCUT2D eigenvalue weighted by atomic mass is 127. The number of nitrogens with zero attached hydrogens (tertiary/aromatic N) is 1. The molecule has 54 valence electrons. The van der Waals surface area contributed by atoms with E-state index in [0.29, 0.717) is 0 Å². The molecule has 0 saturated heterocycles. The molecule has 10 heavy (non-hydrogen) atoms. The lowest BCUT2D eigenvalue weighted by Crippen LogP contribution is -2.12. The molecule has 1 heterocycles. The predicted molar refractivity (Wildman–Crippen MR) is 48.4 cm³/mol. The van der Waals surface area contributed by atoms with Crippen LogP contribution in [0, 0.1) is 0 Å². The van der Waals surface area contributed by atoms with Gasteiger partial charge in [-0.05, 0) is 18.4 Å². The number of rotatable bonds is 0. The number of nitrogens with one attached hydrogen (secondary N) is 1. The summed E-state index contributed by atoms with van der Waals surface area (Å²) in [5.74, 6) is 0. The standard InChI is InChI=1S/C7H9IN2/c8-6-2-1-5-4-9-10-7(5)3-6/h4,6H,1-3H2,(H,9,10). The van der Waals surface area contributed by atoms with E-state index in [2.05, 4.69) is 32.8 Å². The van der Waals surface area contributed by atoms with Crippen molar-refractivity contribution in [3.05, 3.63) is 17.5 Å². The van der Waals surface area contributed by atoms with E-state index >= 15 is 0 Å². The lowest BCUT2D eigenvalue weighted by molar-refractivity contribution is 0.711. The Morgan fingerprint density at radius 2 is 2.60 bits per heavy atom. The van der Waals surface area contributed by atoms with Gasteiger partial charge in [-0.25, -0.2) is 0 Å². The van der Waals surface area contributed by atoms with Gasteiger partial charge in [0.15, 0.2) is 0 Å². The Morgan fingerprint density at radius 3 is 3.50 bits per heavy atom. The number of aromatic amines is 1. The van der Waals surface area contributed by atoms with E-state index in [9.17, 15) is 0 Å². The zero-order valence-electron chi connectivity index (χ0n) is 5.60. The van der Waals surface area contributed by atoms with Crippen LogP contribution in [-0.4, -0.2) is 14.1 Å².